The van der Waals surface area contributed by atoms with Gasteiger partial charge in [-0.2, -0.15) is 18.4 Å². The van der Waals surface area contributed by atoms with Gasteiger partial charge >= 0.3 is 6.18 Å². The smallest absolute Gasteiger partial charge is 0.295 e. The number of halogens is 4. The third-order valence-electron chi connectivity index (χ3n) is 3.02. The minimum atomic E-state index is -4.59. The molecule has 0 radical (unpaired) electrons. The molecule has 0 aliphatic carbocycles. The molecule has 1 aliphatic rings. The lowest BCUT2D eigenvalue weighted by atomic mass is 9.84. The van der Waals surface area contributed by atoms with E-state index in [9.17, 15) is 18.0 Å². The Kier molecular flexibility index (Phi) is 3.56. The highest BCUT2D eigenvalue weighted by molar-refractivity contribution is 6.28. The summed E-state index contributed by atoms with van der Waals surface area (Å²) in [6.07, 6.45) is -4.98. The van der Waals surface area contributed by atoms with Gasteiger partial charge in [0.25, 0.3) is 0 Å². The van der Waals surface area contributed by atoms with Crippen LogP contribution in [0.15, 0.2) is 12.3 Å². The average Bonchev–Trinajstić information content (AvgIpc) is 2.66. The number of hydrogen-bond acceptors (Lipinski definition) is 4. The van der Waals surface area contributed by atoms with Gasteiger partial charge < -0.3 is 0 Å². The topological polar surface area (TPSA) is 69.9 Å². The third kappa shape index (κ3) is 2.67. The van der Waals surface area contributed by atoms with Gasteiger partial charge in [-0.15, -0.1) is 0 Å². The number of rotatable bonds is 2. The quantitative estimate of drug-likeness (QED) is 0.786. The van der Waals surface area contributed by atoms with Gasteiger partial charge in [0.15, 0.2) is 0 Å². The first-order valence-corrected chi connectivity index (χ1v) is 5.94. The number of carbonyl (C=O) groups excluding carboxylic acids is 1. The van der Waals surface area contributed by atoms with Crippen LogP contribution in [0.4, 0.5) is 19.0 Å². The molecule has 1 aromatic rings. The van der Waals surface area contributed by atoms with Crippen molar-refractivity contribution in [2.24, 2.45) is 5.41 Å². The van der Waals surface area contributed by atoms with Crippen molar-refractivity contribution in [3.05, 3.63) is 17.5 Å². The zero-order valence-electron chi connectivity index (χ0n) is 9.98. The molecule has 1 saturated heterocycles. The van der Waals surface area contributed by atoms with E-state index >= 15 is 0 Å². The number of alkyl halides is 3. The highest BCUT2D eigenvalue weighted by Gasteiger charge is 2.54. The maximum Gasteiger partial charge on any atom is 0.391 e. The van der Waals surface area contributed by atoms with Crippen LogP contribution in [0.5, 0.6) is 0 Å². The molecule has 0 saturated carbocycles. The second-order valence-corrected chi connectivity index (χ2v) is 4.71. The predicted molar refractivity (Wildman–Crippen MR) is 62.7 cm³/mol. The molecule has 5 nitrogen and oxygen atoms in total. The summed E-state index contributed by atoms with van der Waals surface area (Å²) in [5.74, 6) is -0.818. The van der Waals surface area contributed by atoms with Crippen LogP contribution in [0.2, 0.25) is 5.28 Å². The van der Waals surface area contributed by atoms with Crippen LogP contribution < -0.4 is 4.90 Å². The largest absolute Gasteiger partial charge is 0.391 e. The Bertz CT molecular complexity index is 586. The Balaban J connectivity index is 2.31. The van der Waals surface area contributed by atoms with E-state index in [4.69, 9.17) is 16.9 Å². The van der Waals surface area contributed by atoms with Crippen LogP contribution in [0.3, 0.4) is 0 Å². The van der Waals surface area contributed by atoms with E-state index in [0.717, 1.165) is 4.90 Å². The minimum absolute atomic E-state index is 0.0180. The first kappa shape index (κ1) is 14.5. The molecule has 1 unspecified atom stereocenters. The van der Waals surface area contributed by atoms with Crippen molar-refractivity contribution in [1.29, 1.82) is 5.26 Å². The fourth-order valence-corrected chi connectivity index (χ4v) is 2.26. The molecule has 0 aromatic carbocycles. The Morgan fingerprint density at radius 2 is 2.25 bits per heavy atom. The molecule has 1 aromatic heterocycles. The molecule has 1 aliphatic heterocycles. The minimum Gasteiger partial charge on any atom is -0.295 e. The Morgan fingerprint density at radius 1 is 1.55 bits per heavy atom. The molecule has 0 spiro atoms. The number of nitriles is 1. The summed E-state index contributed by atoms with van der Waals surface area (Å²) in [6.45, 7) is -0.0180. The van der Waals surface area contributed by atoms with E-state index in [-0.39, 0.29) is 24.1 Å². The van der Waals surface area contributed by atoms with Gasteiger partial charge in [-0.1, -0.05) is 0 Å². The van der Waals surface area contributed by atoms with Crippen LogP contribution in [-0.4, -0.2) is 28.6 Å². The van der Waals surface area contributed by atoms with Gasteiger partial charge in [0, 0.05) is 12.7 Å². The van der Waals surface area contributed by atoms with Crippen LogP contribution >= 0.6 is 11.6 Å². The van der Waals surface area contributed by atoms with Gasteiger partial charge in [0.2, 0.25) is 11.2 Å². The summed E-state index contributed by atoms with van der Waals surface area (Å²) in [4.78, 5) is 20.6. The summed E-state index contributed by atoms with van der Waals surface area (Å²) in [5, 5.41) is 8.89. The highest BCUT2D eigenvalue weighted by Crippen LogP contribution is 2.42. The van der Waals surface area contributed by atoms with E-state index < -0.39 is 23.9 Å². The predicted octanol–water partition coefficient (Wildman–Crippen LogP) is 2.33. The Hall–Kier alpha value is -1.88. The van der Waals surface area contributed by atoms with Crippen molar-refractivity contribution in [3.8, 4) is 6.07 Å². The van der Waals surface area contributed by atoms with Crippen molar-refractivity contribution < 1.29 is 18.0 Å². The van der Waals surface area contributed by atoms with Gasteiger partial charge in [-0.25, -0.2) is 9.97 Å². The van der Waals surface area contributed by atoms with Crippen molar-refractivity contribution in [1.82, 2.24) is 9.97 Å². The summed E-state index contributed by atoms with van der Waals surface area (Å²) in [6, 6.07) is 2.86. The molecule has 2 heterocycles. The van der Waals surface area contributed by atoms with Crippen LogP contribution in [0, 0.1) is 16.7 Å². The Labute approximate surface area is 117 Å². The normalized spacial score (nSPS) is 22.9. The molecule has 0 N–H and O–H groups in total. The molecular weight excluding hydrogens is 297 g/mol. The standard InChI is InChI=1S/C11H8ClF3N4O/c12-9-17-3-1-7(18-9)19-4-2-10(6-16,8(19)20)5-11(13,14)15/h1,3H,2,4-5H2. The maximum atomic E-state index is 12.5. The zero-order chi connectivity index (χ0) is 15.0. The first-order valence-electron chi connectivity index (χ1n) is 5.56. The Morgan fingerprint density at radius 3 is 2.80 bits per heavy atom. The van der Waals surface area contributed by atoms with Crippen molar-refractivity contribution in [2.75, 3.05) is 11.4 Å². The molecule has 1 fully saturated rings. The lowest BCUT2D eigenvalue weighted by molar-refractivity contribution is -0.158. The number of nitrogens with zero attached hydrogens (tertiary/aromatic N) is 4. The molecule has 2 rings (SSSR count). The zero-order valence-corrected chi connectivity index (χ0v) is 10.7. The van der Waals surface area contributed by atoms with Crippen LogP contribution in [0.25, 0.3) is 0 Å². The van der Waals surface area contributed by atoms with E-state index in [1.807, 2.05) is 0 Å². The molecule has 1 atom stereocenters. The summed E-state index contributed by atoms with van der Waals surface area (Å²) >= 11 is 5.58. The number of anilines is 1. The lowest BCUT2D eigenvalue weighted by Gasteiger charge is -2.21. The molecular formula is C11H8ClF3N4O. The summed E-state index contributed by atoms with van der Waals surface area (Å²) in [7, 11) is 0. The monoisotopic (exact) mass is 304 g/mol. The van der Waals surface area contributed by atoms with E-state index in [1.54, 1.807) is 0 Å². The molecule has 106 valence electrons. The third-order valence-corrected chi connectivity index (χ3v) is 3.20. The van der Waals surface area contributed by atoms with Crippen molar-refractivity contribution in [2.45, 2.75) is 19.0 Å². The number of hydrogen-bond donors (Lipinski definition) is 0. The van der Waals surface area contributed by atoms with E-state index in [1.165, 1.54) is 18.3 Å². The lowest BCUT2D eigenvalue weighted by Crippen LogP contribution is -2.37. The average molecular weight is 305 g/mol. The second-order valence-electron chi connectivity index (χ2n) is 4.38. The number of carbonyl (C=O) groups is 1. The van der Waals surface area contributed by atoms with Crippen LogP contribution in [0.1, 0.15) is 12.8 Å². The molecule has 20 heavy (non-hydrogen) atoms. The molecule has 1 amide bonds. The van der Waals surface area contributed by atoms with Crippen LogP contribution in [-0.2, 0) is 4.79 Å². The molecule has 9 heteroatoms. The van der Waals surface area contributed by atoms with E-state index in [2.05, 4.69) is 9.97 Å². The van der Waals surface area contributed by atoms with Crippen molar-refractivity contribution >= 4 is 23.3 Å². The molecule has 0 bridgehead atoms. The van der Waals surface area contributed by atoms with Gasteiger partial charge in [-0.05, 0) is 24.1 Å². The fraction of sp³-hybridized carbons (Fsp3) is 0.455. The summed E-state index contributed by atoms with van der Waals surface area (Å²) < 4.78 is 37.6. The van der Waals surface area contributed by atoms with Crippen molar-refractivity contribution in [3.63, 3.8) is 0 Å². The summed E-state index contributed by atoms with van der Waals surface area (Å²) in [5.41, 5.74) is -2.09. The maximum absolute atomic E-state index is 12.5. The van der Waals surface area contributed by atoms with Gasteiger partial charge in [0.1, 0.15) is 11.2 Å². The van der Waals surface area contributed by atoms with Gasteiger partial charge in [-0.3, -0.25) is 9.69 Å². The SMILES string of the molecule is N#CC1(CC(F)(F)F)CCN(c2ccnc(Cl)n2)C1=O. The number of amides is 1. The number of aromatic nitrogens is 2. The first-order chi connectivity index (χ1) is 9.27. The van der Waals surface area contributed by atoms with E-state index in [0.29, 0.717) is 0 Å². The van der Waals surface area contributed by atoms with Gasteiger partial charge in [0.05, 0.1) is 12.5 Å². The fourth-order valence-electron chi connectivity index (χ4n) is 2.11. The second kappa shape index (κ2) is 4.90. The highest BCUT2D eigenvalue weighted by atomic mass is 35.5.